The lowest BCUT2D eigenvalue weighted by atomic mass is 9.82. The number of rotatable bonds is 3. The summed E-state index contributed by atoms with van der Waals surface area (Å²) in [7, 11) is 1.34. The molecular formula is C22H18N2O3. The molecule has 0 bridgehead atoms. The van der Waals surface area contributed by atoms with E-state index in [9.17, 15) is 9.59 Å². The van der Waals surface area contributed by atoms with Crippen molar-refractivity contribution < 1.29 is 14.3 Å². The van der Waals surface area contributed by atoms with Crippen molar-refractivity contribution in [2.45, 2.75) is 25.2 Å². The molecule has 1 aliphatic carbocycles. The van der Waals surface area contributed by atoms with Gasteiger partial charge in [0, 0.05) is 34.5 Å². The number of benzene rings is 2. The molecule has 0 amide bonds. The minimum atomic E-state index is -0.445. The Morgan fingerprint density at radius 1 is 1.30 bits per heavy atom. The zero-order valence-corrected chi connectivity index (χ0v) is 14.9. The number of nitrogens with zero attached hydrogens (tertiary/aromatic N) is 1. The molecule has 2 aromatic carbocycles. The molecule has 3 aromatic rings. The second kappa shape index (κ2) is 6.73. The number of hydrogen-bond donors (Lipinski definition) is 1. The number of methoxy groups -OCH3 is 1. The molecule has 5 nitrogen and oxygen atoms in total. The minimum Gasteiger partial charge on any atom is -0.465 e. The van der Waals surface area contributed by atoms with Crippen LogP contribution < -0.4 is 0 Å². The molecule has 0 fully saturated rings. The predicted octanol–water partition coefficient (Wildman–Crippen LogP) is 4.13. The van der Waals surface area contributed by atoms with Gasteiger partial charge in [0.15, 0.2) is 5.78 Å². The normalized spacial score (nSPS) is 16.0. The molecule has 4 rings (SSSR count). The lowest BCUT2D eigenvalue weighted by molar-refractivity contribution is 0.0603. The first-order valence-corrected chi connectivity index (χ1v) is 8.87. The van der Waals surface area contributed by atoms with Gasteiger partial charge >= 0.3 is 5.97 Å². The Morgan fingerprint density at radius 2 is 2.11 bits per heavy atom. The molecule has 1 aliphatic rings. The molecule has 0 spiro atoms. The highest BCUT2D eigenvalue weighted by Gasteiger charge is 2.31. The number of ether oxygens (including phenoxy) is 1. The molecule has 0 aliphatic heterocycles. The number of H-pyrrole nitrogens is 1. The van der Waals surface area contributed by atoms with Gasteiger partial charge in [-0.25, -0.2) is 4.79 Å². The van der Waals surface area contributed by atoms with Crippen molar-refractivity contribution in [3.63, 3.8) is 0 Å². The summed E-state index contributed by atoms with van der Waals surface area (Å²) in [6.45, 7) is 0. The number of ketones is 1. The Bertz CT molecular complexity index is 1100. The summed E-state index contributed by atoms with van der Waals surface area (Å²) in [6.07, 6.45) is 1.91. The van der Waals surface area contributed by atoms with Gasteiger partial charge in [0.1, 0.15) is 0 Å². The molecule has 1 unspecified atom stereocenters. The highest BCUT2D eigenvalue weighted by Crippen LogP contribution is 2.39. The van der Waals surface area contributed by atoms with Crippen molar-refractivity contribution in [2.24, 2.45) is 0 Å². The first-order valence-electron chi connectivity index (χ1n) is 8.87. The van der Waals surface area contributed by atoms with Crippen molar-refractivity contribution in [3.8, 4) is 6.07 Å². The number of esters is 1. The van der Waals surface area contributed by atoms with Crippen LogP contribution in [-0.2, 0) is 11.2 Å². The molecule has 5 heteroatoms. The molecule has 1 aromatic heterocycles. The number of fused-ring (bicyclic) bond motifs is 3. The van der Waals surface area contributed by atoms with Crippen molar-refractivity contribution >= 4 is 22.7 Å². The van der Waals surface area contributed by atoms with Crippen molar-refractivity contribution in [1.82, 2.24) is 4.98 Å². The number of nitriles is 1. The highest BCUT2D eigenvalue weighted by atomic mass is 16.5. The van der Waals surface area contributed by atoms with Crippen LogP contribution >= 0.6 is 0 Å². The number of nitrogens with one attached hydrogen (secondary N) is 1. The number of aromatic nitrogens is 1. The standard InChI is InChI=1S/C22H18N2O3/c1-27-22(26)16-6-3-7-17-19(16)20-18(25)9-8-15(21(20)24-17)11-13-4-2-5-14(10-13)12-23/h2-7,10,15,24H,8-9,11H2,1H3. The average Bonchev–Trinajstić information content (AvgIpc) is 3.10. The lowest BCUT2D eigenvalue weighted by Gasteiger charge is -2.22. The van der Waals surface area contributed by atoms with E-state index in [0.29, 0.717) is 28.5 Å². The number of carbonyl (C=O) groups is 2. The fraction of sp³-hybridized carbons (Fsp3) is 0.227. The second-order valence-electron chi connectivity index (χ2n) is 6.81. The minimum absolute atomic E-state index is 0.0506. The molecular weight excluding hydrogens is 340 g/mol. The van der Waals surface area contributed by atoms with Crippen LogP contribution in [-0.4, -0.2) is 23.8 Å². The summed E-state index contributed by atoms with van der Waals surface area (Å²) in [5, 5.41) is 9.77. The van der Waals surface area contributed by atoms with Gasteiger partial charge < -0.3 is 9.72 Å². The third kappa shape index (κ3) is 2.89. The number of Topliss-reactive ketones (excluding diaryl/α,β-unsaturated/α-hetero) is 1. The molecule has 0 radical (unpaired) electrons. The molecule has 1 N–H and O–H groups in total. The SMILES string of the molecule is COC(=O)c1cccc2[nH]c3c(c12)C(=O)CCC3Cc1cccc(C#N)c1. The van der Waals surface area contributed by atoms with E-state index in [4.69, 9.17) is 10.00 Å². The van der Waals surface area contributed by atoms with Gasteiger partial charge in [0.2, 0.25) is 0 Å². The van der Waals surface area contributed by atoms with E-state index in [1.54, 1.807) is 18.2 Å². The van der Waals surface area contributed by atoms with Crippen molar-refractivity contribution in [2.75, 3.05) is 7.11 Å². The van der Waals surface area contributed by atoms with Crippen LogP contribution in [0.25, 0.3) is 10.9 Å². The maximum atomic E-state index is 12.7. The summed E-state index contributed by atoms with van der Waals surface area (Å²) in [5.41, 5.74) is 4.36. The highest BCUT2D eigenvalue weighted by molar-refractivity contribution is 6.16. The maximum absolute atomic E-state index is 12.7. The molecule has 27 heavy (non-hydrogen) atoms. The summed E-state index contributed by atoms with van der Waals surface area (Å²) < 4.78 is 4.89. The molecule has 134 valence electrons. The summed E-state index contributed by atoms with van der Waals surface area (Å²) in [5.74, 6) is -0.266. The van der Waals surface area contributed by atoms with E-state index in [1.165, 1.54) is 7.11 Å². The largest absolute Gasteiger partial charge is 0.465 e. The zero-order chi connectivity index (χ0) is 19.0. The first kappa shape index (κ1) is 17.0. The van der Waals surface area contributed by atoms with Crippen LogP contribution in [0, 0.1) is 11.3 Å². The Labute approximate surface area is 156 Å². The number of aromatic amines is 1. The summed E-state index contributed by atoms with van der Waals surface area (Å²) >= 11 is 0. The molecule has 0 saturated carbocycles. The van der Waals surface area contributed by atoms with Crippen LogP contribution in [0.4, 0.5) is 0 Å². The van der Waals surface area contributed by atoms with E-state index in [1.807, 2.05) is 24.3 Å². The summed E-state index contributed by atoms with van der Waals surface area (Å²) in [4.78, 5) is 28.3. The van der Waals surface area contributed by atoms with Gasteiger partial charge in [-0.05, 0) is 42.7 Å². The van der Waals surface area contributed by atoms with E-state index in [-0.39, 0.29) is 11.7 Å². The predicted molar refractivity (Wildman–Crippen MR) is 101 cm³/mol. The van der Waals surface area contributed by atoms with Crippen molar-refractivity contribution in [1.29, 1.82) is 5.26 Å². The van der Waals surface area contributed by atoms with E-state index >= 15 is 0 Å². The van der Waals surface area contributed by atoms with Crippen molar-refractivity contribution in [3.05, 3.63) is 70.4 Å². The van der Waals surface area contributed by atoms with Crippen LogP contribution in [0.3, 0.4) is 0 Å². The molecule has 1 atom stereocenters. The van der Waals surface area contributed by atoms with Gasteiger partial charge in [-0.2, -0.15) is 5.26 Å². The third-order valence-electron chi connectivity index (χ3n) is 5.20. The van der Waals surface area contributed by atoms with Crippen LogP contribution in [0.1, 0.15) is 56.3 Å². The van der Waals surface area contributed by atoms with Gasteiger partial charge in [-0.15, -0.1) is 0 Å². The fourth-order valence-corrected chi connectivity index (χ4v) is 3.98. The second-order valence-corrected chi connectivity index (χ2v) is 6.81. The van der Waals surface area contributed by atoms with Crippen LogP contribution in [0.2, 0.25) is 0 Å². The smallest absolute Gasteiger partial charge is 0.338 e. The van der Waals surface area contributed by atoms with E-state index < -0.39 is 5.97 Å². The Morgan fingerprint density at radius 3 is 2.89 bits per heavy atom. The first-order chi connectivity index (χ1) is 13.1. The third-order valence-corrected chi connectivity index (χ3v) is 5.20. The number of hydrogen-bond acceptors (Lipinski definition) is 4. The van der Waals surface area contributed by atoms with Gasteiger partial charge in [-0.3, -0.25) is 4.79 Å². The maximum Gasteiger partial charge on any atom is 0.338 e. The monoisotopic (exact) mass is 358 g/mol. The van der Waals surface area contributed by atoms with E-state index in [0.717, 1.165) is 29.6 Å². The van der Waals surface area contributed by atoms with Gasteiger partial charge in [0.25, 0.3) is 0 Å². The molecule has 0 saturated heterocycles. The zero-order valence-electron chi connectivity index (χ0n) is 14.9. The average molecular weight is 358 g/mol. The number of carbonyl (C=O) groups excluding carboxylic acids is 2. The Balaban J connectivity index is 1.82. The van der Waals surface area contributed by atoms with Crippen LogP contribution in [0.5, 0.6) is 0 Å². The van der Waals surface area contributed by atoms with Crippen LogP contribution in [0.15, 0.2) is 42.5 Å². The Hall–Kier alpha value is -3.39. The fourth-order valence-electron chi connectivity index (χ4n) is 3.98. The van der Waals surface area contributed by atoms with E-state index in [2.05, 4.69) is 11.1 Å². The lowest BCUT2D eigenvalue weighted by Crippen LogP contribution is -2.17. The molecule has 1 heterocycles. The quantitative estimate of drug-likeness (QED) is 0.714. The van der Waals surface area contributed by atoms with Gasteiger partial charge in [0.05, 0.1) is 24.3 Å². The Kier molecular flexibility index (Phi) is 4.25. The van der Waals surface area contributed by atoms with Gasteiger partial charge in [-0.1, -0.05) is 18.2 Å². The topological polar surface area (TPSA) is 83.0 Å². The summed E-state index contributed by atoms with van der Waals surface area (Å²) in [6, 6.07) is 15.1.